The van der Waals surface area contributed by atoms with Crippen molar-refractivity contribution in [2.45, 2.75) is 6.92 Å². The highest BCUT2D eigenvalue weighted by Gasteiger charge is 2.33. The van der Waals surface area contributed by atoms with E-state index in [1.54, 1.807) is 7.11 Å². The molecule has 2 saturated heterocycles. The van der Waals surface area contributed by atoms with E-state index in [1.165, 1.54) is 31.7 Å². The summed E-state index contributed by atoms with van der Waals surface area (Å²) < 4.78 is 5.20. The second-order valence-electron chi connectivity index (χ2n) is 7.83. The van der Waals surface area contributed by atoms with Crippen LogP contribution >= 0.6 is 0 Å². The molecular formula is C22H35N3O2. The Morgan fingerprint density at radius 2 is 1.67 bits per heavy atom. The number of hydrogen-bond acceptors (Lipinski definition) is 5. The monoisotopic (exact) mass is 373 g/mol. The van der Waals surface area contributed by atoms with Gasteiger partial charge in [0.2, 0.25) is 0 Å². The minimum atomic E-state index is 0.304. The number of benzene rings is 1. The fraction of sp³-hybridized carbons (Fsp3) is 0.636. The summed E-state index contributed by atoms with van der Waals surface area (Å²) in [5.74, 6) is 1.88. The van der Waals surface area contributed by atoms with E-state index >= 15 is 0 Å². The molecule has 5 nitrogen and oxygen atoms in total. The van der Waals surface area contributed by atoms with Crippen molar-refractivity contribution in [3.8, 4) is 5.75 Å². The van der Waals surface area contributed by atoms with Crippen LogP contribution in [0.15, 0.2) is 30.3 Å². The number of aliphatic hydroxyl groups excluding tert-OH is 1. The van der Waals surface area contributed by atoms with Crippen LogP contribution in [0.5, 0.6) is 5.75 Å². The first kappa shape index (κ1) is 20.3. The van der Waals surface area contributed by atoms with Gasteiger partial charge in [0.1, 0.15) is 5.75 Å². The van der Waals surface area contributed by atoms with E-state index in [0.29, 0.717) is 18.4 Å². The maximum absolute atomic E-state index is 9.83. The van der Waals surface area contributed by atoms with Crippen LogP contribution in [-0.2, 0) is 0 Å². The lowest BCUT2D eigenvalue weighted by molar-refractivity contribution is 0.106. The fourth-order valence-electron chi connectivity index (χ4n) is 4.27. The van der Waals surface area contributed by atoms with Crippen LogP contribution in [0, 0.1) is 11.8 Å². The van der Waals surface area contributed by atoms with Crippen LogP contribution in [0.2, 0.25) is 0 Å². The van der Waals surface area contributed by atoms with Crippen LogP contribution in [0.1, 0.15) is 12.5 Å². The highest BCUT2D eigenvalue weighted by atomic mass is 16.5. The standard InChI is InChI=1S/C22H35N3O2/c1-3-23-11-13-24(14-12-23)15-20-16-25(17-21(20)18-26)10-4-5-19-6-8-22(27-2)9-7-19/h4-9,20-21,26H,3,10-18H2,1-2H3/b5-4+. The van der Waals surface area contributed by atoms with Gasteiger partial charge in [-0.05, 0) is 36.1 Å². The number of likely N-dealkylation sites (N-methyl/N-ethyl adjacent to an activating group) is 1. The van der Waals surface area contributed by atoms with Crippen LogP contribution in [-0.4, -0.2) is 92.4 Å². The number of methoxy groups -OCH3 is 1. The molecule has 0 aromatic heterocycles. The summed E-state index contributed by atoms with van der Waals surface area (Å²) in [4.78, 5) is 7.59. The molecule has 2 atom stereocenters. The Morgan fingerprint density at radius 1 is 1.00 bits per heavy atom. The van der Waals surface area contributed by atoms with Crippen molar-refractivity contribution in [2.24, 2.45) is 11.8 Å². The van der Waals surface area contributed by atoms with Crippen molar-refractivity contribution < 1.29 is 9.84 Å². The molecule has 150 valence electrons. The molecule has 2 aliphatic heterocycles. The summed E-state index contributed by atoms with van der Waals surface area (Å²) in [6.45, 7) is 12.6. The van der Waals surface area contributed by atoms with E-state index in [4.69, 9.17) is 4.74 Å². The maximum Gasteiger partial charge on any atom is 0.118 e. The second-order valence-corrected chi connectivity index (χ2v) is 7.83. The predicted octanol–water partition coefficient (Wildman–Crippen LogP) is 1.89. The van der Waals surface area contributed by atoms with E-state index in [2.05, 4.69) is 45.9 Å². The summed E-state index contributed by atoms with van der Waals surface area (Å²) in [5, 5.41) is 9.83. The predicted molar refractivity (Wildman–Crippen MR) is 111 cm³/mol. The van der Waals surface area contributed by atoms with Gasteiger partial charge in [-0.15, -0.1) is 0 Å². The summed E-state index contributed by atoms with van der Waals surface area (Å²) in [6.07, 6.45) is 4.41. The van der Waals surface area contributed by atoms with Crippen molar-refractivity contribution in [1.29, 1.82) is 0 Å². The Bertz CT molecular complexity index is 582. The first-order valence-electron chi connectivity index (χ1n) is 10.3. The number of aliphatic hydroxyl groups is 1. The number of likely N-dealkylation sites (tertiary alicyclic amines) is 1. The largest absolute Gasteiger partial charge is 0.497 e. The Labute approximate surface area is 164 Å². The van der Waals surface area contributed by atoms with Crippen molar-refractivity contribution in [3.05, 3.63) is 35.9 Å². The zero-order chi connectivity index (χ0) is 19.1. The summed E-state index contributed by atoms with van der Waals surface area (Å²) in [5.41, 5.74) is 1.19. The highest BCUT2D eigenvalue weighted by Crippen LogP contribution is 2.24. The van der Waals surface area contributed by atoms with Crippen molar-refractivity contribution in [3.63, 3.8) is 0 Å². The number of nitrogens with zero attached hydrogens (tertiary/aromatic N) is 3. The third kappa shape index (κ3) is 5.79. The van der Waals surface area contributed by atoms with Gasteiger partial charge in [0, 0.05) is 59.0 Å². The van der Waals surface area contributed by atoms with Gasteiger partial charge in [0.25, 0.3) is 0 Å². The first-order chi connectivity index (χ1) is 13.2. The van der Waals surface area contributed by atoms with Gasteiger partial charge in [0.05, 0.1) is 7.11 Å². The Morgan fingerprint density at radius 3 is 2.30 bits per heavy atom. The maximum atomic E-state index is 9.83. The Hall–Kier alpha value is -1.40. The molecule has 2 unspecified atom stereocenters. The van der Waals surface area contributed by atoms with Gasteiger partial charge in [-0.1, -0.05) is 31.2 Å². The van der Waals surface area contributed by atoms with E-state index in [9.17, 15) is 5.11 Å². The van der Waals surface area contributed by atoms with Crippen molar-refractivity contribution >= 4 is 6.08 Å². The van der Waals surface area contributed by atoms with Crippen molar-refractivity contribution in [2.75, 3.05) is 72.6 Å². The second kappa shape index (κ2) is 10.2. The molecule has 0 saturated carbocycles. The van der Waals surface area contributed by atoms with Crippen LogP contribution in [0.3, 0.4) is 0 Å². The normalized spacial score (nSPS) is 25.4. The average molecular weight is 374 g/mol. The third-order valence-corrected chi connectivity index (χ3v) is 6.08. The Balaban J connectivity index is 1.46. The van der Waals surface area contributed by atoms with Gasteiger partial charge in [0.15, 0.2) is 0 Å². The molecule has 0 amide bonds. The third-order valence-electron chi connectivity index (χ3n) is 6.08. The molecule has 1 N–H and O–H groups in total. The number of hydrogen-bond donors (Lipinski definition) is 1. The SMILES string of the molecule is CCN1CCN(CC2CN(C/C=C/c3ccc(OC)cc3)CC2CO)CC1. The Kier molecular flexibility index (Phi) is 7.70. The highest BCUT2D eigenvalue weighted by molar-refractivity contribution is 5.50. The molecule has 27 heavy (non-hydrogen) atoms. The van der Waals surface area contributed by atoms with E-state index in [1.807, 2.05) is 12.1 Å². The lowest BCUT2D eigenvalue weighted by atomic mass is 9.96. The minimum absolute atomic E-state index is 0.304. The van der Waals surface area contributed by atoms with E-state index in [0.717, 1.165) is 38.5 Å². The van der Waals surface area contributed by atoms with Gasteiger partial charge in [-0.3, -0.25) is 4.90 Å². The molecule has 1 aromatic carbocycles. The number of ether oxygens (including phenoxy) is 1. The van der Waals surface area contributed by atoms with Gasteiger partial charge in [-0.25, -0.2) is 0 Å². The molecule has 0 spiro atoms. The van der Waals surface area contributed by atoms with Crippen molar-refractivity contribution in [1.82, 2.24) is 14.7 Å². The number of rotatable bonds is 8. The smallest absolute Gasteiger partial charge is 0.118 e. The molecule has 0 bridgehead atoms. The zero-order valence-corrected chi connectivity index (χ0v) is 16.9. The van der Waals surface area contributed by atoms with Gasteiger partial charge < -0.3 is 19.6 Å². The molecule has 2 aliphatic rings. The van der Waals surface area contributed by atoms with Gasteiger partial charge >= 0.3 is 0 Å². The zero-order valence-electron chi connectivity index (χ0n) is 16.9. The van der Waals surface area contributed by atoms with E-state index < -0.39 is 0 Å². The molecule has 0 radical (unpaired) electrons. The fourth-order valence-corrected chi connectivity index (χ4v) is 4.27. The van der Waals surface area contributed by atoms with Crippen LogP contribution in [0.4, 0.5) is 0 Å². The van der Waals surface area contributed by atoms with Crippen LogP contribution < -0.4 is 4.74 Å². The van der Waals surface area contributed by atoms with E-state index in [-0.39, 0.29) is 0 Å². The van der Waals surface area contributed by atoms with Crippen LogP contribution in [0.25, 0.3) is 6.08 Å². The molecular weight excluding hydrogens is 338 g/mol. The number of piperazine rings is 1. The van der Waals surface area contributed by atoms with Gasteiger partial charge in [-0.2, -0.15) is 0 Å². The summed E-state index contributed by atoms with van der Waals surface area (Å²) in [7, 11) is 1.69. The lowest BCUT2D eigenvalue weighted by Crippen LogP contribution is -2.48. The topological polar surface area (TPSA) is 39.2 Å². The summed E-state index contributed by atoms with van der Waals surface area (Å²) >= 11 is 0. The first-order valence-corrected chi connectivity index (χ1v) is 10.3. The quantitative estimate of drug-likeness (QED) is 0.753. The summed E-state index contributed by atoms with van der Waals surface area (Å²) in [6, 6.07) is 8.14. The molecule has 2 heterocycles. The molecule has 0 aliphatic carbocycles. The minimum Gasteiger partial charge on any atom is -0.497 e. The molecule has 2 fully saturated rings. The molecule has 1 aromatic rings. The lowest BCUT2D eigenvalue weighted by Gasteiger charge is -2.36. The molecule has 5 heteroatoms. The molecule has 3 rings (SSSR count). The average Bonchev–Trinajstić information content (AvgIpc) is 3.10.